The minimum Gasteiger partial charge on any atom is -0.497 e. The van der Waals surface area contributed by atoms with Gasteiger partial charge in [-0.05, 0) is 30.4 Å². The van der Waals surface area contributed by atoms with Gasteiger partial charge >= 0.3 is 0 Å². The third-order valence-corrected chi connectivity index (χ3v) is 5.10. The Bertz CT molecular complexity index is 500. The summed E-state index contributed by atoms with van der Waals surface area (Å²) in [4.78, 5) is 14.5. The van der Waals surface area contributed by atoms with E-state index in [1.165, 1.54) is 12.8 Å². The zero-order valence-electron chi connectivity index (χ0n) is 13.3. The molecule has 0 radical (unpaired) electrons. The molecule has 0 aliphatic carbocycles. The summed E-state index contributed by atoms with van der Waals surface area (Å²) < 4.78 is 5.13. The number of hydrogen-bond acceptors (Lipinski definition) is 3. The van der Waals surface area contributed by atoms with Crippen LogP contribution in [0.15, 0.2) is 18.2 Å². The van der Waals surface area contributed by atoms with E-state index in [2.05, 4.69) is 13.8 Å². The quantitative estimate of drug-likeness (QED) is 0.865. The summed E-state index contributed by atoms with van der Waals surface area (Å²) in [6.45, 7) is 6.16. The Kier molecular flexibility index (Phi) is 4.76. The molecule has 4 heteroatoms. The molecule has 2 N–H and O–H groups in total. The van der Waals surface area contributed by atoms with E-state index in [0.717, 1.165) is 25.9 Å². The molecule has 0 spiro atoms. The second-order valence-electron chi connectivity index (χ2n) is 5.95. The Balaban J connectivity index is 2.08. The first-order valence-electron chi connectivity index (χ1n) is 7.78. The lowest BCUT2D eigenvalue weighted by molar-refractivity contribution is 0.0559. The summed E-state index contributed by atoms with van der Waals surface area (Å²) in [5, 5.41) is 0. The minimum atomic E-state index is 0.0379. The molecule has 0 bridgehead atoms. The lowest BCUT2D eigenvalue weighted by atomic mass is 9.74. The van der Waals surface area contributed by atoms with Crippen LogP contribution in [-0.4, -0.2) is 31.0 Å². The van der Waals surface area contributed by atoms with E-state index in [4.69, 9.17) is 10.5 Å². The summed E-state index contributed by atoms with van der Waals surface area (Å²) in [7, 11) is 1.59. The lowest BCUT2D eigenvalue weighted by Gasteiger charge is -2.41. The topological polar surface area (TPSA) is 55.6 Å². The van der Waals surface area contributed by atoms with Crippen LogP contribution in [0.4, 0.5) is 5.69 Å². The number of benzene rings is 1. The summed E-state index contributed by atoms with van der Waals surface area (Å²) >= 11 is 0. The van der Waals surface area contributed by atoms with Crippen molar-refractivity contribution in [2.75, 3.05) is 25.9 Å². The summed E-state index contributed by atoms with van der Waals surface area (Å²) in [6.07, 6.45) is 4.55. The fraction of sp³-hybridized carbons (Fsp3) is 0.588. The van der Waals surface area contributed by atoms with Gasteiger partial charge in [0.15, 0.2) is 0 Å². The Morgan fingerprint density at radius 2 is 1.90 bits per heavy atom. The Morgan fingerprint density at radius 1 is 1.29 bits per heavy atom. The number of carbonyl (C=O) groups excluding carboxylic acids is 1. The lowest BCUT2D eigenvalue weighted by Crippen LogP contribution is -2.43. The number of hydrogen-bond donors (Lipinski definition) is 1. The smallest absolute Gasteiger partial charge is 0.255 e. The number of carbonyl (C=O) groups is 1. The highest BCUT2D eigenvalue weighted by atomic mass is 16.5. The zero-order chi connectivity index (χ0) is 15.5. The largest absolute Gasteiger partial charge is 0.497 e. The number of nitrogens with zero attached hydrogens (tertiary/aromatic N) is 1. The molecule has 0 aromatic heterocycles. The van der Waals surface area contributed by atoms with Crippen LogP contribution in [0.1, 0.15) is 49.9 Å². The molecule has 1 aliphatic heterocycles. The first-order chi connectivity index (χ1) is 10.0. The molecular weight excluding hydrogens is 264 g/mol. The van der Waals surface area contributed by atoms with Crippen LogP contribution in [-0.2, 0) is 0 Å². The van der Waals surface area contributed by atoms with Gasteiger partial charge in [0.05, 0.1) is 12.7 Å². The van der Waals surface area contributed by atoms with Crippen LogP contribution >= 0.6 is 0 Å². The van der Waals surface area contributed by atoms with E-state index in [-0.39, 0.29) is 5.91 Å². The van der Waals surface area contributed by atoms with Gasteiger partial charge in [-0.2, -0.15) is 0 Å². The standard InChI is InChI=1S/C17H26N2O2/c1-4-17(5-2)8-10-19(11-9-17)16(20)14-7-6-13(21-3)12-15(14)18/h6-7,12H,4-5,8-11,18H2,1-3H3. The van der Waals surface area contributed by atoms with Gasteiger partial charge in [-0.15, -0.1) is 0 Å². The monoisotopic (exact) mass is 290 g/mol. The van der Waals surface area contributed by atoms with Gasteiger partial charge in [-0.1, -0.05) is 26.7 Å². The SMILES string of the molecule is CCC1(CC)CCN(C(=O)c2ccc(OC)cc2N)CC1. The van der Waals surface area contributed by atoms with E-state index in [1.54, 1.807) is 25.3 Å². The average Bonchev–Trinajstić information content (AvgIpc) is 2.54. The summed E-state index contributed by atoms with van der Waals surface area (Å²) in [6, 6.07) is 5.26. The van der Waals surface area contributed by atoms with Crippen molar-refractivity contribution >= 4 is 11.6 Å². The summed E-state index contributed by atoms with van der Waals surface area (Å²) in [5.74, 6) is 0.717. The maximum absolute atomic E-state index is 12.6. The fourth-order valence-electron chi connectivity index (χ4n) is 3.17. The van der Waals surface area contributed by atoms with Crippen LogP contribution < -0.4 is 10.5 Å². The zero-order valence-corrected chi connectivity index (χ0v) is 13.3. The molecule has 1 aliphatic rings. The van der Waals surface area contributed by atoms with Crippen LogP contribution in [0.25, 0.3) is 0 Å². The molecule has 1 saturated heterocycles. The van der Waals surface area contributed by atoms with Crippen molar-refractivity contribution in [3.05, 3.63) is 23.8 Å². The van der Waals surface area contributed by atoms with Crippen molar-refractivity contribution in [1.29, 1.82) is 0 Å². The third-order valence-electron chi connectivity index (χ3n) is 5.10. The molecule has 1 heterocycles. The molecule has 1 aromatic rings. The van der Waals surface area contributed by atoms with Crippen LogP contribution in [0, 0.1) is 5.41 Å². The van der Waals surface area contributed by atoms with Crippen molar-refractivity contribution in [2.24, 2.45) is 5.41 Å². The highest BCUT2D eigenvalue weighted by Crippen LogP contribution is 2.38. The number of ether oxygens (including phenoxy) is 1. The van der Waals surface area contributed by atoms with Crippen molar-refractivity contribution in [3.8, 4) is 5.75 Å². The molecule has 1 amide bonds. The first-order valence-corrected chi connectivity index (χ1v) is 7.78. The third kappa shape index (κ3) is 3.14. The molecule has 116 valence electrons. The normalized spacial score (nSPS) is 17.6. The maximum atomic E-state index is 12.6. The molecule has 21 heavy (non-hydrogen) atoms. The predicted molar refractivity (Wildman–Crippen MR) is 85.6 cm³/mol. The highest BCUT2D eigenvalue weighted by molar-refractivity contribution is 5.99. The number of nitrogens with two attached hydrogens (primary N) is 1. The van der Waals surface area contributed by atoms with Crippen molar-refractivity contribution < 1.29 is 9.53 Å². The molecule has 0 unspecified atom stereocenters. The second-order valence-corrected chi connectivity index (χ2v) is 5.95. The van der Waals surface area contributed by atoms with Gasteiger partial charge in [0, 0.05) is 24.8 Å². The van der Waals surface area contributed by atoms with Crippen molar-refractivity contribution in [1.82, 2.24) is 4.90 Å². The molecule has 0 saturated carbocycles. The average molecular weight is 290 g/mol. The van der Waals surface area contributed by atoms with Crippen LogP contribution in [0.3, 0.4) is 0 Å². The Labute approximate surface area is 127 Å². The number of anilines is 1. The summed E-state index contributed by atoms with van der Waals surface area (Å²) in [5.41, 5.74) is 7.47. The first kappa shape index (κ1) is 15.7. The van der Waals surface area contributed by atoms with Crippen molar-refractivity contribution in [3.63, 3.8) is 0 Å². The van der Waals surface area contributed by atoms with Gasteiger partial charge in [0.2, 0.25) is 0 Å². The number of methoxy groups -OCH3 is 1. The van der Waals surface area contributed by atoms with Crippen LogP contribution in [0.2, 0.25) is 0 Å². The second kappa shape index (κ2) is 6.37. The van der Waals surface area contributed by atoms with Crippen LogP contribution in [0.5, 0.6) is 5.75 Å². The van der Waals surface area contributed by atoms with Gasteiger partial charge in [-0.3, -0.25) is 4.79 Å². The van der Waals surface area contributed by atoms with E-state index in [1.807, 2.05) is 4.90 Å². The highest BCUT2D eigenvalue weighted by Gasteiger charge is 2.33. The molecule has 1 fully saturated rings. The molecule has 1 aromatic carbocycles. The van der Waals surface area contributed by atoms with E-state index < -0.39 is 0 Å². The number of likely N-dealkylation sites (tertiary alicyclic amines) is 1. The van der Waals surface area contributed by atoms with Gasteiger partial charge in [0.25, 0.3) is 5.91 Å². The van der Waals surface area contributed by atoms with E-state index in [0.29, 0.717) is 22.4 Å². The van der Waals surface area contributed by atoms with Gasteiger partial charge in [0.1, 0.15) is 5.75 Å². The molecule has 4 nitrogen and oxygen atoms in total. The Morgan fingerprint density at radius 3 is 2.38 bits per heavy atom. The van der Waals surface area contributed by atoms with Crippen molar-refractivity contribution in [2.45, 2.75) is 39.5 Å². The van der Waals surface area contributed by atoms with Gasteiger partial charge < -0.3 is 15.4 Å². The van der Waals surface area contributed by atoms with E-state index in [9.17, 15) is 4.79 Å². The minimum absolute atomic E-state index is 0.0379. The molecular formula is C17H26N2O2. The number of nitrogen functional groups attached to an aromatic ring is 1. The molecule has 2 rings (SSSR count). The number of rotatable bonds is 4. The van der Waals surface area contributed by atoms with E-state index >= 15 is 0 Å². The number of amides is 1. The fourth-order valence-corrected chi connectivity index (χ4v) is 3.17. The molecule has 0 atom stereocenters. The van der Waals surface area contributed by atoms with Gasteiger partial charge in [-0.25, -0.2) is 0 Å². The number of piperidine rings is 1. The predicted octanol–water partition coefficient (Wildman–Crippen LogP) is 3.32. The Hall–Kier alpha value is -1.71. The maximum Gasteiger partial charge on any atom is 0.255 e.